The van der Waals surface area contributed by atoms with E-state index in [2.05, 4.69) is 5.32 Å². The molecule has 0 radical (unpaired) electrons. The molecule has 1 saturated carbocycles. The Morgan fingerprint density at radius 2 is 2.20 bits per heavy atom. The molecule has 1 rings (SSSR count). The van der Waals surface area contributed by atoms with E-state index in [1.807, 2.05) is 7.05 Å². The molecule has 0 amide bonds. The Morgan fingerprint density at radius 3 is 2.60 bits per heavy atom. The first-order chi connectivity index (χ1) is 4.70. The summed E-state index contributed by atoms with van der Waals surface area (Å²) >= 11 is 0. The van der Waals surface area contributed by atoms with Gasteiger partial charge in [0.05, 0.1) is 5.60 Å². The molecule has 0 aliphatic heterocycles. The zero-order chi connectivity index (χ0) is 7.61. The second-order valence-corrected chi connectivity index (χ2v) is 3.21. The molecule has 0 unspecified atom stereocenters. The van der Waals surface area contributed by atoms with Crippen molar-refractivity contribution in [2.45, 2.75) is 18.4 Å². The van der Waals surface area contributed by atoms with Crippen LogP contribution in [0.1, 0.15) is 12.8 Å². The zero-order valence-electron chi connectivity index (χ0n) is 6.30. The van der Waals surface area contributed by atoms with Gasteiger partial charge in [0.25, 0.3) is 0 Å². The number of nitrogens with one attached hydrogen (secondary N) is 1. The first-order valence-corrected chi connectivity index (χ1v) is 3.68. The summed E-state index contributed by atoms with van der Waals surface area (Å²) in [6, 6.07) is 0. The van der Waals surface area contributed by atoms with E-state index in [4.69, 9.17) is 5.11 Å². The maximum absolute atomic E-state index is 9.54. The number of hydrogen-bond acceptors (Lipinski definition) is 3. The van der Waals surface area contributed by atoms with Gasteiger partial charge in [-0.3, -0.25) is 0 Å². The molecule has 1 aliphatic carbocycles. The lowest BCUT2D eigenvalue weighted by atomic mass is 9.71. The van der Waals surface area contributed by atoms with Crippen molar-refractivity contribution in [2.75, 3.05) is 20.2 Å². The molecule has 0 saturated heterocycles. The summed E-state index contributed by atoms with van der Waals surface area (Å²) in [5.41, 5.74) is -0.526. The van der Waals surface area contributed by atoms with Crippen molar-refractivity contribution in [3.8, 4) is 0 Å². The molecule has 3 nitrogen and oxygen atoms in total. The second-order valence-electron chi connectivity index (χ2n) is 3.21. The van der Waals surface area contributed by atoms with E-state index in [1.54, 1.807) is 0 Å². The average Bonchev–Trinajstić information content (AvgIpc) is 1.83. The summed E-state index contributed by atoms with van der Waals surface area (Å²) in [6.07, 6.45) is 1.48. The lowest BCUT2D eigenvalue weighted by Gasteiger charge is -2.42. The van der Waals surface area contributed by atoms with Gasteiger partial charge in [-0.1, -0.05) is 0 Å². The van der Waals surface area contributed by atoms with Crippen LogP contribution in [-0.4, -0.2) is 36.0 Å². The van der Waals surface area contributed by atoms with Crippen LogP contribution in [0.5, 0.6) is 0 Å². The van der Waals surface area contributed by atoms with Crippen LogP contribution in [0, 0.1) is 5.92 Å². The maximum atomic E-state index is 9.54. The Hall–Kier alpha value is -0.120. The molecule has 0 bridgehead atoms. The van der Waals surface area contributed by atoms with Crippen LogP contribution in [0.3, 0.4) is 0 Å². The van der Waals surface area contributed by atoms with Crippen LogP contribution in [-0.2, 0) is 0 Å². The fourth-order valence-electron chi connectivity index (χ4n) is 1.62. The lowest BCUT2D eigenvalue weighted by molar-refractivity contribution is -0.0837. The summed E-state index contributed by atoms with van der Waals surface area (Å²) in [7, 11) is 1.82. The van der Waals surface area contributed by atoms with Gasteiger partial charge in [0.1, 0.15) is 0 Å². The van der Waals surface area contributed by atoms with Crippen molar-refractivity contribution in [3.05, 3.63) is 0 Å². The van der Waals surface area contributed by atoms with Crippen LogP contribution in [0.4, 0.5) is 0 Å². The van der Waals surface area contributed by atoms with Crippen LogP contribution >= 0.6 is 0 Å². The SMILES string of the molecule is CNCC1(O)CC(CO)C1. The number of likely N-dealkylation sites (N-methyl/N-ethyl adjacent to an activating group) is 1. The minimum atomic E-state index is -0.526. The third-order valence-corrected chi connectivity index (χ3v) is 2.10. The quantitative estimate of drug-likeness (QED) is 0.494. The van der Waals surface area contributed by atoms with Gasteiger partial charge in [0.2, 0.25) is 0 Å². The number of hydrogen-bond donors (Lipinski definition) is 3. The van der Waals surface area contributed by atoms with Crippen LogP contribution < -0.4 is 5.32 Å². The fourth-order valence-corrected chi connectivity index (χ4v) is 1.62. The molecule has 1 fully saturated rings. The molecule has 3 N–H and O–H groups in total. The van der Waals surface area contributed by atoms with Gasteiger partial charge in [0.15, 0.2) is 0 Å². The van der Waals surface area contributed by atoms with E-state index in [1.165, 1.54) is 0 Å². The highest BCUT2D eigenvalue weighted by atomic mass is 16.3. The van der Waals surface area contributed by atoms with Gasteiger partial charge < -0.3 is 15.5 Å². The predicted molar refractivity (Wildman–Crippen MR) is 38.7 cm³/mol. The molecule has 0 aromatic rings. The molecule has 0 spiro atoms. The van der Waals surface area contributed by atoms with Gasteiger partial charge in [-0.15, -0.1) is 0 Å². The molecular weight excluding hydrogens is 130 g/mol. The Kier molecular flexibility index (Phi) is 2.28. The summed E-state index contributed by atoms with van der Waals surface area (Å²) in [4.78, 5) is 0. The zero-order valence-corrected chi connectivity index (χ0v) is 6.30. The highest BCUT2D eigenvalue weighted by molar-refractivity contribution is 4.94. The van der Waals surface area contributed by atoms with E-state index >= 15 is 0 Å². The van der Waals surface area contributed by atoms with Crippen LogP contribution in [0.15, 0.2) is 0 Å². The average molecular weight is 145 g/mol. The van der Waals surface area contributed by atoms with Gasteiger partial charge in [-0.05, 0) is 25.8 Å². The van der Waals surface area contributed by atoms with Crippen LogP contribution in [0.25, 0.3) is 0 Å². The highest BCUT2D eigenvalue weighted by Crippen LogP contribution is 2.36. The molecule has 0 atom stereocenters. The maximum Gasteiger partial charge on any atom is 0.0778 e. The third-order valence-electron chi connectivity index (χ3n) is 2.10. The molecule has 0 aromatic carbocycles. The number of rotatable bonds is 3. The standard InChI is InChI=1S/C7H15NO2/c1-8-5-7(10)2-6(3-7)4-9/h6,8-10H,2-5H2,1H3. The molecular formula is C7H15NO2. The van der Waals surface area contributed by atoms with E-state index < -0.39 is 5.60 Å². The summed E-state index contributed by atoms with van der Waals surface area (Å²) in [5.74, 6) is 0.332. The smallest absolute Gasteiger partial charge is 0.0778 e. The minimum absolute atomic E-state index is 0.214. The summed E-state index contributed by atoms with van der Waals surface area (Å²) in [6.45, 7) is 0.857. The highest BCUT2D eigenvalue weighted by Gasteiger charge is 2.41. The molecule has 1 aliphatic rings. The van der Waals surface area contributed by atoms with Gasteiger partial charge in [0, 0.05) is 13.2 Å². The number of aliphatic hydroxyl groups excluding tert-OH is 1. The van der Waals surface area contributed by atoms with E-state index in [0.717, 1.165) is 12.8 Å². The molecule has 60 valence electrons. The molecule has 10 heavy (non-hydrogen) atoms. The lowest BCUT2D eigenvalue weighted by Crippen LogP contribution is -2.51. The van der Waals surface area contributed by atoms with Crippen molar-refractivity contribution >= 4 is 0 Å². The van der Waals surface area contributed by atoms with Crippen molar-refractivity contribution in [3.63, 3.8) is 0 Å². The van der Waals surface area contributed by atoms with Gasteiger partial charge in [-0.2, -0.15) is 0 Å². The normalized spacial score (nSPS) is 39.3. The Labute approximate surface area is 61.1 Å². The van der Waals surface area contributed by atoms with Crippen LogP contribution in [0.2, 0.25) is 0 Å². The summed E-state index contributed by atoms with van der Waals surface area (Å²) in [5, 5.41) is 21.1. The number of aliphatic hydroxyl groups is 2. The Bertz CT molecular complexity index is 110. The third kappa shape index (κ3) is 1.48. The molecule has 0 heterocycles. The largest absolute Gasteiger partial charge is 0.396 e. The topological polar surface area (TPSA) is 52.5 Å². The van der Waals surface area contributed by atoms with Crippen molar-refractivity contribution in [1.82, 2.24) is 5.32 Å². The monoisotopic (exact) mass is 145 g/mol. The molecule has 0 aromatic heterocycles. The Morgan fingerprint density at radius 1 is 1.60 bits per heavy atom. The van der Waals surface area contributed by atoms with E-state index in [0.29, 0.717) is 12.5 Å². The summed E-state index contributed by atoms with van der Waals surface area (Å²) < 4.78 is 0. The Balaban J connectivity index is 2.20. The van der Waals surface area contributed by atoms with Crippen molar-refractivity contribution < 1.29 is 10.2 Å². The predicted octanol–water partition coefficient (Wildman–Crippen LogP) is -0.661. The minimum Gasteiger partial charge on any atom is -0.396 e. The van der Waals surface area contributed by atoms with E-state index in [9.17, 15) is 5.11 Å². The van der Waals surface area contributed by atoms with Crippen molar-refractivity contribution in [2.24, 2.45) is 5.92 Å². The first-order valence-electron chi connectivity index (χ1n) is 3.68. The van der Waals surface area contributed by atoms with Gasteiger partial charge in [-0.25, -0.2) is 0 Å². The first kappa shape index (κ1) is 7.98. The van der Waals surface area contributed by atoms with Gasteiger partial charge >= 0.3 is 0 Å². The van der Waals surface area contributed by atoms with E-state index in [-0.39, 0.29) is 6.61 Å². The second kappa shape index (κ2) is 2.86. The van der Waals surface area contributed by atoms with Crippen molar-refractivity contribution in [1.29, 1.82) is 0 Å². The fraction of sp³-hybridized carbons (Fsp3) is 1.00. The molecule has 3 heteroatoms.